The fourth-order valence-corrected chi connectivity index (χ4v) is 5.72. The van der Waals surface area contributed by atoms with E-state index in [9.17, 15) is 21.6 Å². The summed E-state index contributed by atoms with van der Waals surface area (Å²) in [5.74, 6) is 0.0671. The topological polar surface area (TPSA) is 131 Å². The third-order valence-corrected chi connectivity index (χ3v) is 8.98. The number of benzene rings is 3. The molecule has 0 aromatic heterocycles. The second kappa shape index (κ2) is 10.3. The molecule has 1 aliphatic heterocycles. The van der Waals surface area contributed by atoms with Crippen LogP contribution in [0.15, 0.2) is 65.6 Å². The van der Waals surface area contributed by atoms with Gasteiger partial charge >= 0.3 is 0 Å². The van der Waals surface area contributed by atoms with Crippen molar-refractivity contribution in [3.63, 3.8) is 0 Å². The first-order chi connectivity index (χ1) is 17.5. The molecule has 3 aromatic rings. The van der Waals surface area contributed by atoms with Gasteiger partial charge < -0.3 is 14.8 Å². The van der Waals surface area contributed by atoms with Crippen molar-refractivity contribution in [1.29, 1.82) is 0 Å². The van der Waals surface area contributed by atoms with Crippen molar-refractivity contribution in [1.82, 2.24) is 0 Å². The van der Waals surface area contributed by atoms with Gasteiger partial charge in [-0.25, -0.2) is 16.8 Å². The van der Waals surface area contributed by atoms with Crippen LogP contribution >= 0.6 is 0 Å². The van der Waals surface area contributed by atoms with Gasteiger partial charge in [0.1, 0.15) is 6.54 Å². The average molecular weight is 546 g/mol. The van der Waals surface area contributed by atoms with Gasteiger partial charge in [0.25, 0.3) is 10.0 Å². The van der Waals surface area contributed by atoms with E-state index in [1.165, 1.54) is 43.3 Å². The van der Waals surface area contributed by atoms with Crippen LogP contribution in [0.2, 0.25) is 0 Å². The van der Waals surface area contributed by atoms with Crippen molar-refractivity contribution in [2.24, 2.45) is 0 Å². The highest BCUT2D eigenvalue weighted by Gasteiger charge is 2.26. The number of rotatable bonds is 9. The number of carbonyl (C=O) groups is 1. The van der Waals surface area contributed by atoms with Crippen LogP contribution in [-0.4, -0.2) is 41.8 Å². The summed E-state index contributed by atoms with van der Waals surface area (Å²) in [4.78, 5) is 12.8. The molecular weight excluding hydrogens is 518 g/mol. The van der Waals surface area contributed by atoms with Gasteiger partial charge in [0.2, 0.25) is 22.7 Å². The third kappa shape index (κ3) is 5.97. The summed E-state index contributed by atoms with van der Waals surface area (Å²) in [6.45, 7) is 4.87. The smallest absolute Gasteiger partial charge is 0.261 e. The fraction of sp³-hybridized carbons (Fsp3) is 0.240. The Labute approximate surface area is 216 Å². The van der Waals surface area contributed by atoms with E-state index in [-0.39, 0.29) is 23.1 Å². The minimum atomic E-state index is -3.84. The normalized spacial score (nSPS) is 12.7. The van der Waals surface area contributed by atoms with Gasteiger partial charge in [-0.3, -0.25) is 13.8 Å². The molecule has 3 aromatic carbocycles. The second-order valence-corrected chi connectivity index (χ2v) is 12.3. The van der Waals surface area contributed by atoms with Gasteiger partial charge in [-0.05, 0) is 80.4 Å². The molecule has 0 radical (unpaired) electrons. The zero-order chi connectivity index (χ0) is 26.8. The molecule has 0 aliphatic carbocycles. The molecule has 196 valence electrons. The first-order valence-corrected chi connectivity index (χ1v) is 14.5. The predicted octanol–water partition coefficient (Wildman–Crippen LogP) is 3.63. The molecule has 1 heterocycles. The second-order valence-electron chi connectivity index (χ2n) is 8.42. The minimum absolute atomic E-state index is 0.0132. The zero-order valence-electron chi connectivity index (χ0n) is 20.5. The molecule has 0 atom stereocenters. The van der Waals surface area contributed by atoms with E-state index in [4.69, 9.17) is 9.47 Å². The van der Waals surface area contributed by atoms with Crippen molar-refractivity contribution in [3.05, 3.63) is 71.8 Å². The lowest BCUT2D eigenvalue weighted by Gasteiger charge is -2.23. The average Bonchev–Trinajstić information content (AvgIpc) is 3.33. The summed E-state index contributed by atoms with van der Waals surface area (Å²) in [6, 6.07) is 15.5. The van der Waals surface area contributed by atoms with E-state index in [1.54, 1.807) is 18.2 Å². The summed E-state index contributed by atoms with van der Waals surface area (Å²) in [6.07, 6.45) is 0. The maximum Gasteiger partial charge on any atom is 0.261 e. The number of hydrogen-bond donors (Lipinski definition) is 2. The molecule has 1 aliphatic rings. The predicted molar refractivity (Wildman–Crippen MR) is 141 cm³/mol. The number of ether oxygens (including phenoxy) is 2. The quantitative estimate of drug-likeness (QED) is 0.420. The molecule has 10 nitrogen and oxygen atoms in total. The Kier molecular flexibility index (Phi) is 7.32. The van der Waals surface area contributed by atoms with E-state index in [0.29, 0.717) is 22.9 Å². The number of amides is 1. The molecule has 37 heavy (non-hydrogen) atoms. The Hall–Kier alpha value is -3.77. The lowest BCUT2D eigenvalue weighted by atomic mass is 10.1. The number of anilines is 3. The van der Waals surface area contributed by atoms with E-state index in [2.05, 4.69) is 10.0 Å². The molecule has 2 N–H and O–H groups in total. The summed E-state index contributed by atoms with van der Waals surface area (Å²) in [5.41, 5.74) is 3.03. The van der Waals surface area contributed by atoms with Crippen molar-refractivity contribution in [2.75, 3.05) is 33.4 Å². The molecule has 0 saturated heterocycles. The summed E-state index contributed by atoms with van der Waals surface area (Å²) in [5, 5.41) is 2.62. The van der Waals surface area contributed by atoms with Crippen LogP contribution in [0.3, 0.4) is 0 Å². The summed E-state index contributed by atoms with van der Waals surface area (Å²) < 4.78 is 65.1. The standard InChI is InChI=1S/C25H27N3O7S2/c1-4-36(30,31)28(21-9-12-23-24(14-21)35-16-34-23)15-25(29)26-19-7-10-22(11-8-19)37(32,33)27-20-6-5-17(2)18(3)13-20/h5-14,27H,4,15-16H2,1-3H3,(H,26,29). The highest BCUT2D eigenvalue weighted by molar-refractivity contribution is 7.93. The van der Waals surface area contributed by atoms with Gasteiger partial charge in [0.05, 0.1) is 16.3 Å². The van der Waals surface area contributed by atoms with Crippen LogP contribution in [-0.2, 0) is 24.8 Å². The highest BCUT2D eigenvalue weighted by atomic mass is 32.2. The zero-order valence-corrected chi connectivity index (χ0v) is 22.1. The van der Waals surface area contributed by atoms with Crippen LogP contribution in [0.4, 0.5) is 17.1 Å². The molecular formula is C25H27N3O7S2. The van der Waals surface area contributed by atoms with E-state index >= 15 is 0 Å². The van der Waals surface area contributed by atoms with E-state index < -0.39 is 32.5 Å². The van der Waals surface area contributed by atoms with Crippen molar-refractivity contribution >= 4 is 43.0 Å². The van der Waals surface area contributed by atoms with E-state index in [1.807, 2.05) is 19.9 Å². The first kappa shape index (κ1) is 26.3. The number of aryl methyl sites for hydroxylation is 2. The van der Waals surface area contributed by atoms with Crippen LogP contribution < -0.4 is 23.8 Å². The highest BCUT2D eigenvalue weighted by Crippen LogP contribution is 2.36. The number of fused-ring (bicyclic) bond motifs is 1. The van der Waals surface area contributed by atoms with Crippen LogP contribution in [0, 0.1) is 13.8 Å². The number of carbonyl (C=O) groups excluding carboxylic acids is 1. The molecule has 0 saturated carbocycles. The fourth-order valence-electron chi connectivity index (χ4n) is 3.61. The molecule has 0 spiro atoms. The maximum atomic E-state index is 12.8. The van der Waals surface area contributed by atoms with Gasteiger partial charge in [0.15, 0.2) is 11.5 Å². The lowest BCUT2D eigenvalue weighted by Crippen LogP contribution is -2.39. The summed E-state index contributed by atoms with van der Waals surface area (Å²) >= 11 is 0. The summed E-state index contributed by atoms with van der Waals surface area (Å²) in [7, 11) is -7.63. The van der Waals surface area contributed by atoms with Crippen molar-refractivity contribution in [3.8, 4) is 11.5 Å². The van der Waals surface area contributed by atoms with Crippen LogP contribution in [0.1, 0.15) is 18.1 Å². The number of nitrogens with one attached hydrogen (secondary N) is 2. The minimum Gasteiger partial charge on any atom is -0.454 e. The Morgan fingerprint density at radius 1 is 0.865 bits per heavy atom. The monoisotopic (exact) mass is 545 g/mol. The molecule has 0 unspecified atom stereocenters. The molecule has 12 heteroatoms. The number of sulfonamides is 2. The molecule has 4 rings (SSSR count). The van der Waals surface area contributed by atoms with Gasteiger partial charge in [-0.2, -0.15) is 0 Å². The van der Waals surface area contributed by atoms with Gasteiger partial charge in [-0.15, -0.1) is 0 Å². The Morgan fingerprint density at radius 2 is 1.54 bits per heavy atom. The third-order valence-electron chi connectivity index (χ3n) is 5.84. The Bertz CT molecular complexity index is 1540. The van der Waals surface area contributed by atoms with Gasteiger partial charge in [0, 0.05) is 17.4 Å². The van der Waals surface area contributed by atoms with Crippen LogP contribution in [0.25, 0.3) is 0 Å². The SMILES string of the molecule is CCS(=O)(=O)N(CC(=O)Nc1ccc(S(=O)(=O)Nc2ccc(C)c(C)c2)cc1)c1ccc2c(c1)OCO2. The Balaban J connectivity index is 1.47. The van der Waals surface area contributed by atoms with Crippen molar-refractivity contribution < 1.29 is 31.1 Å². The van der Waals surface area contributed by atoms with Crippen LogP contribution in [0.5, 0.6) is 11.5 Å². The Morgan fingerprint density at radius 3 is 2.22 bits per heavy atom. The maximum absolute atomic E-state index is 12.8. The first-order valence-electron chi connectivity index (χ1n) is 11.4. The lowest BCUT2D eigenvalue weighted by molar-refractivity contribution is -0.114. The number of hydrogen-bond acceptors (Lipinski definition) is 7. The molecule has 0 fully saturated rings. The largest absolute Gasteiger partial charge is 0.454 e. The molecule has 1 amide bonds. The van der Waals surface area contributed by atoms with Crippen molar-refractivity contribution in [2.45, 2.75) is 25.7 Å². The molecule has 0 bridgehead atoms. The van der Waals surface area contributed by atoms with Gasteiger partial charge in [-0.1, -0.05) is 6.07 Å². The van der Waals surface area contributed by atoms with E-state index in [0.717, 1.165) is 15.4 Å². The number of nitrogens with zero attached hydrogens (tertiary/aromatic N) is 1.